The highest BCUT2D eigenvalue weighted by Gasteiger charge is 2.27. The number of aryl methyl sites for hydroxylation is 2. The molecule has 2 aliphatic rings. The van der Waals surface area contributed by atoms with Crippen LogP contribution in [0.2, 0.25) is 5.02 Å². The van der Waals surface area contributed by atoms with Crippen molar-refractivity contribution in [3.05, 3.63) is 58.1 Å². The van der Waals surface area contributed by atoms with Gasteiger partial charge in [0.2, 0.25) is 0 Å². The van der Waals surface area contributed by atoms with Crippen LogP contribution in [-0.4, -0.2) is 30.1 Å². The van der Waals surface area contributed by atoms with Crippen molar-refractivity contribution in [2.45, 2.75) is 44.6 Å². The van der Waals surface area contributed by atoms with E-state index in [1.807, 2.05) is 24.3 Å². The zero-order valence-electron chi connectivity index (χ0n) is 16.2. The fraction of sp³-hybridized carbons (Fsp3) is 0.391. The zero-order valence-corrected chi connectivity index (χ0v) is 17.8. The maximum absolute atomic E-state index is 13.6. The van der Waals surface area contributed by atoms with E-state index in [0.717, 1.165) is 48.1 Å². The minimum absolute atomic E-state index is 0.000901. The average molecular weight is 427 g/mol. The number of carbonyl (C=O) groups excluding carboxylic acids is 1. The molecule has 0 N–H and O–H groups in total. The van der Waals surface area contributed by atoms with E-state index in [0.29, 0.717) is 16.7 Å². The lowest BCUT2D eigenvalue weighted by Gasteiger charge is -2.24. The largest absolute Gasteiger partial charge is 0.376 e. The molecule has 5 rings (SSSR count). The second-order valence-electron chi connectivity index (χ2n) is 7.85. The first kappa shape index (κ1) is 19.0. The molecule has 150 valence electrons. The molecule has 1 aliphatic heterocycles. The lowest BCUT2D eigenvalue weighted by molar-refractivity contribution is 0.0917. The molecule has 2 aromatic carbocycles. The summed E-state index contributed by atoms with van der Waals surface area (Å²) in [6.07, 6.45) is 6.69. The van der Waals surface area contributed by atoms with Gasteiger partial charge in [-0.05, 0) is 80.0 Å². The van der Waals surface area contributed by atoms with Crippen LogP contribution in [0.5, 0.6) is 0 Å². The summed E-state index contributed by atoms with van der Waals surface area (Å²) in [6, 6.07) is 11.8. The van der Waals surface area contributed by atoms with Gasteiger partial charge in [-0.2, -0.15) is 0 Å². The number of aromatic nitrogens is 1. The Balaban J connectivity index is 1.51. The molecule has 0 saturated carbocycles. The van der Waals surface area contributed by atoms with Gasteiger partial charge in [0.15, 0.2) is 5.13 Å². The van der Waals surface area contributed by atoms with E-state index < -0.39 is 0 Å². The molecule has 3 aromatic rings. The number of nitrogens with zero attached hydrogens (tertiary/aromatic N) is 2. The number of fused-ring (bicyclic) bond motifs is 2. The number of carbonyl (C=O) groups is 1. The minimum atomic E-state index is -0.000901. The lowest BCUT2D eigenvalue weighted by atomic mass is 9.90. The molecule has 1 amide bonds. The summed E-state index contributed by atoms with van der Waals surface area (Å²) in [5.74, 6) is -0.000901. The summed E-state index contributed by atoms with van der Waals surface area (Å²) in [7, 11) is 0. The van der Waals surface area contributed by atoms with Gasteiger partial charge < -0.3 is 4.74 Å². The summed E-state index contributed by atoms with van der Waals surface area (Å²) in [6.45, 7) is 1.30. The Bertz CT molecular complexity index is 1060. The summed E-state index contributed by atoms with van der Waals surface area (Å²) >= 11 is 7.66. The predicted octanol–water partition coefficient (Wildman–Crippen LogP) is 5.65. The topological polar surface area (TPSA) is 42.4 Å². The maximum atomic E-state index is 13.6. The van der Waals surface area contributed by atoms with Gasteiger partial charge in [-0.25, -0.2) is 4.98 Å². The molecule has 1 aliphatic carbocycles. The molecular weight excluding hydrogens is 404 g/mol. The van der Waals surface area contributed by atoms with Crippen molar-refractivity contribution >= 4 is 44.2 Å². The van der Waals surface area contributed by atoms with Crippen molar-refractivity contribution in [2.24, 2.45) is 0 Å². The predicted molar refractivity (Wildman–Crippen MR) is 118 cm³/mol. The van der Waals surface area contributed by atoms with Gasteiger partial charge in [-0.3, -0.25) is 9.69 Å². The molecule has 0 radical (unpaired) electrons. The molecule has 0 bridgehead atoms. The van der Waals surface area contributed by atoms with Crippen molar-refractivity contribution in [3.63, 3.8) is 0 Å². The third kappa shape index (κ3) is 3.91. The van der Waals surface area contributed by atoms with Crippen LogP contribution < -0.4 is 4.90 Å². The number of amides is 1. The molecule has 6 heteroatoms. The molecule has 1 unspecified atom stereocenters. The number of hydrogen-bond donors (Lipinski definition) is 0. The molecular formula is C23H23ClN2O2S. The number of thiazole rings is 1. The second kappa shape index (κ2) is 8.05. The summed E-state index contributed by atoms with van der Waals surface area (Å²) in [5, 5.41) is 1.39. The first-order valence-electron chi connectivity index (χ1n) is 10.3. The van der Waals surface area contributed by atoms with Crippen LogP contribution in [0.4, 0.5) is 5.13 Å². The Morgan fingerprint density at radius 2 is 2.00 bits per heavy atom. The van der Waals surface area contributed by atoms with Crippen LogP contribution in [0.15, 0.2) is 36.4 Å². The van der Waals surface area contributed by atoms with Crippen LogP contribution in [0.3, 0.4) is 0 Å². The number of rotatable bonds is 4. The third-order valence-electron chi connectivity index (χ3n) is 5.82. The first-order chi connectivity index (χ1) is 14.2. The van der Waals surface area contributed by atoms with Gasteiger partial charge in [-0.15, -0.1) is 0 Å². The Morgan fingerprint density at radius 1 is 1.14 bits per heavy atom. The van der Waals surface area contributed by atoms with Gasteiger partial charge in [0.25, 0.3) is 5.91 Å². The highest BCUT2D eigenvalue weighted by molar-refractivity contribution is 7.22. The maximum Gasteiger partial charge on any atom is 0.260 e. The minimum Gasteiger partial charge on any atom is -0.376 e. The van der Waals surface area contributed by atoms with Gasteiger partial charge in [0.05, 0.1) is 22.9 Å². The molecule has 4 nitrogen and oxygen atoms in total. The van der Waals surface area contributed by atoms with Crippen LogP contribution in [0.1, 0.15) is 47.2 Å². The van der Waals surface area contributed by atoms with Gasteiger partial charge >= 0.3 is 0 Å². The number of anilines is 1. The standard InChI is InChI=1S/C23H23ClN2O2S/c24-18-9-10-20-21(13-18)29-23(25-20)26(14-19-6-3-11-28-19)22(27)17-8-7-15-4-1-2-5-16(15)12-17/h7-10,12-13,19H,1-6,11,14H2. The van der Waals surface area contributed by atoms with E-state index in [-0.39, 0.29) is 12.0 Å². The van der Waals surface area contributed by atoms with Gasteiger partial charge in [0.1, 0.15) is 0 Å². The summed E-state index contributed by atoms with van der Waals surface area (Å²) in [4.78, 5) is 20.1. The number of halogens is 1. The van der Waals surface area contributed by atoms with E-state index in [9.17, 15) is 4.79 Å². The SMILES string of the molecule is O=C(c1ccc2c(c1)CCCC2)N(CC1CCCO1)c1nc2ccc(Cl)cc2s1. The van der Waals surface area contributed by atoms with Crippen molar-refractivity contribution in [2.75, 3.05) is 18.1 Å². The summed E-state index contributed by atoms with van der Waals surface area (Å²) < 4.78 is 6.83. The Kier molecular flexibility index (Phi) is 5.29. The van der Waals surface area contributed by atoms with Crippen molar-refractivity contribution in [1.82, 2.24) is 4.98 Å². The van der Waals surface area contributed by atoms with Crippen LogP contribution in [0.25, 0.3) is 10.2 Å². The van der Waals surface area contributed by atoms with Crippen LogP contribution in [0, 0.1) is 0 Å². The quantitative estimate of drug-likeness (QED) is 0.541. The molecule has 1 saturated heterocycles. The highest BCUT2D eigenvalue weighted by Crippen LogP contribution is 2.33. The molecule has 29 heavy (non-hydrogen) atoms. The van der Waals surface area contributed by atoms with E-state index in [1.165, 1.54) is 35.3 Å². The fourth-order valence-corrected chi connectivity index (χ4v) is 5.51. The Hall–Kier alpha value is -1.95. The highest BCUT2D eigenvalue weighted by atomic mass is 35.5. The number of benzene rings is 2. The van der Waals surface area contributed by atoms with E-state index in [2.05, 4.69) is 12.1 Å². The Morgan fingerprint density at radius 3 is 2.83 bits per heavy atom. The van der Waals surface area contributed by atoms with E-state index in [4.69, 9.17) is 21.3 Å². The Labute approximate surface area is 179 Å². The molecule has 1 atom stereocenters. The molecule has 1 fully saturated rings. The number of ether oxygens (including phenoxy) is 1. The van der Waals surface area contributed by atoms with Gasteiger partial charge in [0, 0.05) is 17.2 Å². The summed E-state index contributed by atoms with van der Waals surface area (Å²) in [5.41, 5.74) is 4.30. The zero-order chi connectivity index (χ0) is 19.8. The third-order valence-corrected chi connectivity index (χ3v) is 7.10. The lowest BCUT2D eigenvalue weighted by Crippen LogP contribution is -2.37. The normalized spacial score (nSPS) is 18.7. The number of hydrogen-bond acceptors (Lipinski definition) is 4. The van der Waals surface area contributed by atoms with E-state index in [1.54, 1.807) is 4.90 Å². The fourth-order valence-electron chi connectivity index (χ4n) is 4.26. The van der Waals surface area contributed by atoms with Crippen LogP contribution in [-0.2, 0) is 17.6 Å². The molecule has 1 aromatic heterocycles. The van der Waals surface area contributed by atoms with Crippen molar-refractivity contribution < 1.29 is 9.53 Å². The van der Waals surface area contributed by atoms with Crippen molar-refractivity contribution in [1.29, 1.82) is 0 Å². The van der Waals surface area contributed by atoms with E-state index >= 15 is 0 Å². The van der Waals surface area contributed by atoms with Crippen molar-refractivity contribution in [3.8, 4) is 0 Å². The average Bonchev–Trinajstić information content (AvgIpc) is 3.40. The molecule has 2 heterocycles. The van der Waals surface area contributed by atoms with Crippen LogP contribution >= 0.6 is 22.9 Å². The smallest absolute Gasteiger partial charge is 0.260 e. The second-order valence-corrected chi connectivity index (χ2v) is 9.30. The monoisotopic (exact) mass is 426 g/mol. The first-order valence-corrected chi connectivity index (χ1v) is 11.5. The molecule has 0 spiro atoms. The van der Waals surface area contributed by atoms with Gasteiger partial charge in [-0.1, -0.05) is 29.0 Å².